The third-order valence-electron chi connectivity index (χ3n) is 2.11. The molecule has 0 aromatic heterocycles. The molecular formula is C12H15ClN2O2. The van der Waals surface area contributed by atoms with Gasteiger partial charge >= 0.3 is 5.97 Å². The normalized spacial score (nSPS) is 11.2. The van der Waals surface area contributed by atoms with Crippen LogP contribution in [-0.4, -0.2) is 17.7 Å². The van der Waals surface area contributed by atoms with E-state index >= 15 is 0 Å². The van der Waals surface area contributed by atoms with Crippen LogP contribution in [0.4, 0.5) is 5.69 Å². The molecule has 0 unspecified atom stereocenters. The Morgan fingerprint density at radius 2 is 2.18 bits per heavy atom. The Hall–Kier alpha value is -1.55. The fourth-order valence-corrected chi connectivity index (χ4v) is 1.30. The van der Waals surface area contributed by atoms with E-state index in [1.807, 2.05) is 32.0 Å². The number of hydrogen-bond acceptors (Lipinski definition) is 4. The number of halogens is 1. The summed E-state index contributed by atoms with van der Waals surface area (Å²) in [5.74, 6) is -0.632. The summed E-state index contributed by atoms with van der Waals surface area (Å²) in [4.78, 5) is 11.2. The standard InChI is InChI=1S/C12H15ClN2O2/c1-4-17-12(16)11(13)15-14-10-7-8(2)5-6-9(10)3/h5-7,14H,4H2,1-3H3/b15-11+. The van der Waals surface area contributed by atoms with Crippen molar-refractivity contribution in [2.75, 3.05) is 12.0 Å². The second-order valence-electron chi connectivity index (χ2n) is 3.55. The second-order valence-corrected chi connectivity index (χ2v) is 3.91. The molecule has 0 spiro atoms. The number of anilines is 1. The van der Waals surface area contributed by atoms with Gasteiger partial charge in [-0.1, -0.05) is 23.7 Å². The number of carbonyl (C=O) groups excluding carboxylic acids is 1. The van der Waals surface area contributed by atoms with E-state index < -0.39 is 5.97 Å². The third kappa shape index (κ3) is 4.07. The fourth-order valence-electron chi connectivity index (χ4n) is 1.20. The number of rotatable bonds is 4. The van der Waals surface area contributed by atoms with Crippen molar-refractivity contribution in [2.45, 2.75) is 20.8 Å². The predicted molar refractivity (Wildman–Crippen MR) is 69.5 cm³/mol. The first-order chi connectivity index (χ1) is 8.04. The Morgan fingerprint density at radius 1 is 1.47 bits per heavy atom. The van der Waals surface area contributed by atoms with Crippen molar-refractivity contribution in [3.63, 3.8) is 0 Å². The van der Waals surface area contributed by atoms with Crippen LogP contribution in [0.15, 0.2) is 23.3 Å². The summed E-state index contributed by atoms with van der Waals surface area (Å²) < 4.78 is 4.70. The van der Waals surface area contributed by atoms with Crippen LogP contribution in [0.25, 0.3) is 0 Å². The molecule has 0 atom stereocenters. The van der Waals surface area contributed by atoms with Crippen molar-refractivity contribution in [1.29, 1.82) is 0 Å². The molecule has 1 N–H and O–H groups in total. The number of carbonyl (C=O) groups is 1. The molecule has 0 heterocycles. The van der Waals surface area contributed by atoms with E-state index in [2.05, 4.69) is 10.5 Å². The molecule has 0 aliphatic heterocycles. The molecule has 0 fully saturated rings. The number of benzene rings is 1. The van der Waals surface area contributed by atoms with Gasteiger partial charge in [-0.05, 0) is 38.0 Å². The smallest absolute Gasteiger partial charge is 0.370 e. The summed E-state index contributed by atoms with van der Waals surface area (Å²) >= 11 is 5.67. The predicted octanol–water partition coefficient (Wildman–Crippen LogP) is 2.83. The molecule has 0 saturated heterocycles. The number of hydrogen-bond donors (Lipinski definition) is 1. The van der Waals surface area contributed by atoms with E-state index in [1.54, 1.807) is 6.92 Å². The zero-order chi connectivity index (χ0) is 12.8. The highest BCUT2D eigenvalue weighted by Gasteiger charge is 2.09. The van der Waals surface area contributed by atoms with Crippen molar-refractivity contribution in [3.05, 3.63) is 29.3 Å². The molecule has 1 aromatic carbocycles. The number of nitrogens with zero attached hydrogens (tertiary/aromatic N) is 1. The lowest BCUT2D eigenvalue weighted by atomic mass is 10.1. The summed E-state index contributed by atoms with van der Waals surface area (Å²) in [6.07, 6.45) is 0. The first kappa shape index (κ1) is 13.5. The third-order valence-corrected chi connectivity index (χ3v) is 2.35. The Bertz CT molecular complexity index is 444. The molecule has 92 valence electrons. The molecule has 1 rings (SSSR count). The minimum atomic E-state index is -0.632. The lowest BCUT2D eigenvalue weighted by Crippen LogP contribution is -2.13. The van der Waals surface area contributed by atoms with Gasteiger partial charge in [0.05, 0.1) is 12.3 Å². The molecule has 0 aliphatic carbocycles. The summed E-state index contributed by atoms with van der Waals surface area (Å²) in [6, 6.07) is 5.89. The van der Waals surface area contributed by atoms with Crippen LogP contribution in [0.3, 0.4) is 0 Å². The highest BCUT2D eigenvalue weighted by Crippen LogP contribution is 2.16. The van der Waals surface area contributed by atoms with Crippen LogP contribution < -0.4 is 5.43 Å². The van der Waals surface area contributed by atoms with Crippen molar-refractivity contribution >= 4 is 28.4 Å². The summed E-state index contributed by atoms with van der Waals surface area (Å²) in [5, 5.41) is 3.56. The first-order valence-electron chi connectivity index (χ1n) is 5.28. The van der Waals surface area contributed by atoms with E-state index in [0.29, 0.717) is 0 Å². The Labute approximate surface area is 106 Å². The highest BCUT2D eigenvalue weighted by molar-refractivity contribution is 6.82. The highest BCUT2D eigenvalue weighted by atomic mass is 35.5. The molecule has 17 heavy (non-hydrogen) atoms. The van der Waals surface area contributed by atoms with Gasteiger partial charge in [-0.15, -0.1) is 0 Å². The van der Waals surface area contributed by atoms with Gasteiger partial charge < -0.3 is 4.74 Å². The number of aryl methyl sites for hydroxylation is 2. The Morgan fingerprint density at radius 3 is 2.82 bits per heavy atom. The number of hydrazone groups is 1. The monoisotopic (exact) mass is 254 g/mol. The zero-order valence-corrected chi connectivity index (χ0v) is 10.8. The maximum Gasteiger partial charge on any atom is 0.370 e. The van der Waals surface area contributed by atoms with Gasteiger partial charge in [-0.2, -0.15) is 5.10 Å². The van der Waals surface area contributed by atoms with Gasteiger partial charge in [0.2, 0.25) is 5.17 Å². The first-order valence-corrected chi connectivity index (χ1v) is 5.66. The quantitative estimate of drug-likeness (QED) is 0.511. The van der Waals surface area contributed by atoms with Crippen molar-refractivity contribution in [2.24, 2.45) is 5.10 Å². The van der Waals surface area contributed by atoms with Gasteiger partial charge in [-0.25, -0.2) is 4.79 Å². The average Bonchev–Trinajstić information content (AvgIpc) is 2.30. The number of esters is 1. The van der Waals surface area contributed by atoms with Crippen LogP contribution in [0.5, 0.6) is 0 Å². The lowest BCUT2D eigenvalue weighted by molar-refractivity contribution is -0.134. The summed E-state index contributed by atoms with van der Waals surface area (Å²) in [6.45, 7) is 5.89. The number of nitrogens with one attached hydrogen (secondary N) is 1. The van der Waals surface area contributed by atoms with E-state index in [0.717, 1.165) is 16.8 Å². The molecule has 1 aromatic rings. The van der Waals surface area contributed by atoms with Crippen LogP contribution in [0, 0.1) is 13.8 Å². The molecular weight excluding hydrogens is 240 g/mol. The fraction of sp³-hybridized carbons (Fsp3) is 0.333. The molecule has 0 amide bonds. The van der Waals surface area contributed by atoms with E-state index in [1.165, 1.54) is 0 Å². The second kappa shape index (κ2) is 6.25. The molecule has 0 aliphatic rings. The van der Waals surface area contributed by atoms with Gasteiger partial charge in [0.1, 0.15) is 0 Å². The Balaban J connectivity index is 2.75. The van der Waals surface area contributed by atoms with Crippen LogP contribution in [0.2, 0.25) is 0 Å². The van der Waals surface area contributed by atoms with Crippen molar-refractivity contribution in [3.8, 4) is 0 Å². The van der Waals surface area contributed by atoms with Crippen molar-refractivity contribution in [1.82, 2.24) is 0 Å². The maximum absolute atomic E-state index is 11.2. The maximum atomic E-state index is 11.2. The van der Waals surface area contributed by atoms with E-state index in [9.17, 15) is 4.79 Å². The molecule has 5 heteroatoms. The average molecular weight is 255 g/mol. The van der Waals surface area contributed by atoms with Gasteiger partial charge in [-0.3, -0.25) is 5.43 Å². The summed E-state index contributed by atoms with van der Waals surface area (Å²) in [7, 11) is 0. The van der Waals surface area contributed by atoms with Crippen LogP contribution in [-0.2, 0) is 9.53 Å². The van der Waals surface area contributed by atoms with Crippen LogP contribution in [0.1, 0.15) is 18.1 Å². The summed E-state index contributed by atoms with van der Waals surface area (Å²) in [5.41, 5.74) is 5.68. The Kier molecular flexibility index (Phi) is 4.97. The topological polar surface area (TPSA) is 50.7 Å². The minimum absolute atomic E-state index is 0.215. The van der Waals surface area contributed by atoms with Crippen molar-refractivity contribution < 1.29 is 9.53 Å². The zero-order valence-electron chi connectivity index (χ0n) is 10.1. The largest absolute Gasteiger partial charge is 0.461 e. The van der Waals surface area contributed by atoms with Crippen LogP contribution >= 0.6 is 11.6 Å². The molecule has 0 saturated carbocycles. The van der Waals surface area contributed by atoms with Gasteiger partial charge in [0.25, 0.3) is 0 Å². The molecule has 4 nitrogen and oxygen atoms in total. The molecule has 0 radical (unpaired) electrons. The van der Waals surface area contributed by atoms with E-state index in [-0.39, 0.29) is 11.8 Å². The van der Waals surface area contributed by atoms with Gasteiger partial charge in [0.15, 0.2) is 0 Å². The SMILES string of the molecule is CCOC(=O)/C(Cl)=N\Nc1cc(C)ccc1C. The number of ether oxygens (including phenoxy) is 1. The molecule has 0 bridgehead atoms. The minimum Gasteiger partial charge on any atom is -0.461 e. The van der Waals surface area contributed by atoms with Gasteiger partial charge in [0, 0.05) is 0 Å². The van der Waals surface area contributed by atoms with E-state index in [4.69, 9.17) is 16.3 Å². The lowest BCUT2D eigenvalue weighted by Gasteiger charge is -2.06.